The summed E-state index contributed by atoms with van der Waals surface area (Å²) in [6, 6.07) is 2.07. The Morgan fingerprint density at radius 1 is 1.41 bits per heavy atom. The van der Waals surface area contributed by atoms with Gasteiger partial charge in [0.1, 0.15) is 0 Å². The van der Waals surface area contributed by atoms with Crippen LogP contribution in [0.2, 0.25) is 0 Å². The zero-order chi connectivity index (χ0) is 12.7. The standard InChI is InChI=1S/C14H20OS2/c1-11(2)12(3)17-10-14-13(7-9-16-14)6-4-5-8-15/h7,9,11-12,15H,5,8,10H2,1-3H3. The molecule has 1 heterocycles. The molecule has 1 aromatic heterocycles. The first-order valence-electron chi connectivity index (χ1n) is 5.92. The van der Waals surface area contributed by atoms with Gasteiger partial charge >= 0.3 is 0 Å². The molecule has 3 heteroatoms. The van der Waals surface area contributed by atoms with Crippen LogP contribution >= 0.6 is 23.1 Å². The van der Waals surface area contributed by atoms with E-state index in [2.05, 4.69) is 44.1 Å². The molecule has 0 amide bonds. The van der Waals surface area contributed by atoms with E-state index >= 15 is 0 Å². The predicted octanol–water partition coefficient (Wildman–Crippen LogP) is 3.76. The summed E-state index contributed by atoms with van der Waals surface area (Å²) in [5, 5.41) is 11.5. The van der Waals surface area contributed by atoms with Gasteiger partial charge in [0.2, 0.25) is 0 Å². The van der Waals surface area contributed by atoms with Crippen LogP contribution in [0, 0.1) is 17.8 Å². The lowest BCUT2D eigenvalue weighted by Gasteiger charge is -2.14. The predicted molar refractivity (Wildman–Crippen MR) is 78.5 cm³/mol. The zero-order valence-corrected chi connectivity index (χ0v) is 12.3. The molecular formula is C14H20OS2. The van der Waals surface area contributed by atoms with Crippen molar-refractivity contribution >= 4 is 23.1 Å². The average Bonchev–Trinajstić information content (AvgIpc) is 2.74. The minimum Gasteiger partial charge on any atom is -0.395 e. The van der Waals surface area contributed by atoms with E-state index in [1.807, 2.05) is 11.8 Å². The smallest absolute Gasteiger partial charge is 0.0540 e. The van der Waals surface area contributed by atoms with E-state index in [4.69, 9.17) is 5.11 Å². The van der Waals surface area contributed by atoms with E-state index in [-0.39, 0.29) is 6.61 Å². The molecule has 0 radical (unpaired) electrons. The van der Waals surface area contributed by atoms with Crippen LogP contribution in [0.15, 0.2) is 11.4 Å². The van der Waals surface area contributed by atoms with Crippen molar-refractivity contribution in [2.75, 3.05) is 6.61 Å². The molecule has 0 bridgehead atoms. The van der Waals surface area contributed by atoms with Crippen LogP contribution < -0.4 is 0 Å². The third kappa shape index (κ3) is 5.16. The second kappa shape index (κ2) is 7.81. The van der Waals surface area contributed by atoms with Gasteiger partial charge < -0.3 is 5.11 Å². The number of aliphatic hydroxyl groups excluding tert-OH is 1. The Labute approximate surface area is 113 Å². The maximum atomic E-state index is 8.70. The molecular weight excluding hydrogens is 248 g/mol. The molecule has 0 aromatic carbocycles. The van der Waals surface area contributed by atoms with Gasteiger partial charge in [0.25, 0.3) is 0 Å². The molecule has 0 aliphatic carbocycles. The Kier molecular flexibility index (Phi) is 6.72. The number of hydrogen-bond donors (Lipinski definition) is 1. The molecule has 0 fully saturated rings. The number of aliphatic hydroxyl groups is 1. The molecule has 1 aromatic rings. The van der Waals surface area contributed by atoms with E-state index in [0.29, 0.717) is 17.6 Å². The highest BCUT2D eigenvalue weighted by Gasteiger charge is 2.09. The largest absolute Gasteiger partial charge is 0.395 e. The summed E-state index contributed by atoms with van der Waals surface area (Å²) in [4.78, 5) is 1.35. The van der Waals surface area contributed by atoms with E-state index in [1.165, 1.54) is 4.88 Å². The van der Waals surface area contributed by atoms with Crippen molar-refractivity contribution in [3.05, 3.63) is 21.9 Å². The molecule has 1 N–H and O–H groups in total. The summed E-state index contributed by atoms with van der Waals surface area (Å²) in [7, 11) is 0. The molecule has 1 unspecified atom stereocenters. The fraction of sp³-hybridized carbons (Fsp3) is 0.571. The molecule has 1 atom stereocenters. The normalized spacial score (nSPS) is 12.3. The zero-order valence-electron chi connectivity index (χ0n) is 10.7. The fourth-order valence-electron chi connectivity index (χ4n) is 1.18. The molecule has 17 heavy (non-hydrogen) atoms. The van der Waals surface area contributed by atoms with Gasteiger partial charge in [0, 0.05) is 27.9 Å². The van der Waals surface area contributed by atoms with Gasteiger partial charge in [-0.15, -0.1) is 11.3 Å². The Morgan fingerprint density at radius 3 is 2.82 bits per heavy atom. The van der Waals surface area contributed by atoms with Crippen molar-refractivity contribution in [1.82, 2.24) is 0 Å². The summed E-state index contributed by atoms with van der Waals surface area (Å²) in [6.07, 6.45) is 0.560. The van der Waals surface area contributed by atoms with Crippen LogP contribution in [0.3, 0.4) is 0 Å². The molecule has 0 saturated heterocycles. The molecule has 94 valence electrons. The first-order chi connectivity index (χ1) is 8.15. The Hall–Kier alpha value is -0.430. The van der Waals surface area contributed by atoms with Crippen molar-refractivity contribution in [1.29, 1.82) is 0 Å². The lowest BCUT2D eigenvalue weighted by molar-refractivity contribution is 0.305. The van der Waals surface area contributed by atoms with Gasteiger partial charge in [0.15, 0.2) is 0 Å². The number of rotatable bonds is 5. The highest BCUT2D eigenvalue weighted by atomic mass is 32.2. The second-order valence-corrected chi connectivity index (χ2v) is 6.66. The van der Waals surface area contributed by atoms with Gasteiger partial charge in [-0.3, -0.25) is 0 Å². The number of thioether (sulfide) groups is 1. The lowest BCUT2D eigenvalue weighted by Crippen LogP contribution is -2.05. The number of hydrogen-bond acceptors (Lipinski definition) is 3. The van der Waals surface area contributed by atoms with Gasteiger partial charge in [0.05, 0.1) is 6.61 Å². The maximum absolute atomic E-state index is 8.70. The summed E-state index contributed by atoms with van der Waals surface area (Å²) < 4.78 is 0. The van der Waals surface area contributed by atoms with Crippen molar-refractivity contribution in [3.8, 4) is 11.8 Å². The van der Waals surface area contributed by atoms with Gasteiger partial charge in [-0.2, -0.15) is 11.8 Å². The first kappa shape index (κ1) is 14.6. The summed E-state index contributed by atoms with van der Waals surface area (Å²) in [6.45, 7) is 6.94. The monoisotopic (exact) mass is 268 g/mol. The molecule has 0 aliphatic heterocycles. The van der Waals surface area contributed by atoms with E-state index in [0.717, 1.165) is 11.3 Å². The van der Waals surface area contributed by atoms with Crippen molar-refractivity contribution in [2.24, 2.45) is 5.92 Å². The third-order valence-electron chi connectivity index (χ3n) is 2.62. The minimum absolute atomic E-state index is 0.144. The van der Waals surface area contributed by atoms with Crippen LogP contribution in [0.25, 0.3) is 0 Å². The second-order valence-electron chi connectivity index (χ2n) is 4.29. The lowest BCUT2D eigenvalue weighted by atomic mass is 10.2. The van der Waals surface area contributed by atoms with E-state index in [1.54, 1.807) is 11.3 Å². The minimum atomic E-state index is 0.144. The Morgan fingerprint density at radius 2 is 2.18 bits per heavy atom. The van der Waals surface area contributed by atoms with E-state index in [9.17, 15) is 0 Å². The molecule has 1 nitrogen and oxygen atoms in total. The van der Waals surface area contributed by atoms with Gasteiger partial charge in [-0.05, 0) is 17.4 Å². The molecule has 0 saturated carbocycles. The highest BCUT2D eigenvalue weighted by Crippen LogP contribution is 2.27. The highest BCUT2D eigenvalue weighted by molar-refractivity contribution is 7.99. The van der Waals surface area contributed by atoms with Gasteiger partial charge in [-0.1, -0.05) is 32.6 Å². The quantitative estimate of drug-likeness (QED) is 0.821. The molecule has 0 spiro atoms. The SMILES string of the molecule is CC(C)C(C)SCc1sccc1C#CCCO. The maximum Gasteiger partial charge on any atom is 0.0540 e. The van der Waals surface area contributed by atoms with Crippen LogP contribution in [-0.4, -0.2) is 17.0 Å². The topological polar surface area (TPSA) is 20.2 Å². The van der Waals surface area contributed by atoms with Crippen LogP contribution in [0.5, 0.6) is 0 Å². The first-order valence-corrected chi connectivity index (χ1v) is 7.85. The van der Waals surface area contributed by atoms with Gasteiger partial charge in [-0.25, -0.2) is 0 Å². The van der Waals surface area contributed by atoms with Crippen LogP contribution in [0.1, 0.15) is 37.6 Å². The molecule has 1 rings (SSSR count). The Bertz CT molecular complexity index is 384. The van der Waals surface area contributed by atoms with Crippen molar-refractivity contribution in [3.63, 3.8) is 0 Å². The van der Waals surface area contributed by atoms with E-state index < -0.39 is 0 Å². The molecule has 0 aliphatic rings. The fourth-order valence-corrected chi connectivity index (χ4v) is 3.22. The summed E-state index contributed by atoms with van der Waals surface area (Å²) in [5.41, 5.74) is 1.13. The summed E-state index contributed by atoms with van der Waals surface area (Å²) in [5.74, 6) is 7.87. The Balaban J connectivity index is 2.55. The van der Waals surface area contributed by atoms with Crippen molar-refractivity contribution < 1.29 is 5.11 Å². The van der Waals surface area contributed by atoms with Crippen LogP contribution in [-0.2, 0) is 5.75 Å². The number of thiophene rings is 1. The average molecular weight is 268 g/mol. The van der Waals surface area contributed by atoms with Crippen LogP contribution in [0.4, 0.5) is 0 Å². The van der Waals surface area contributed by atoms with Crippen molar-refractivity contribution in [2.45, 2.75) is 38.2 Å². The summed E-state index contributed by atoms with van der Waals surface area (Å²) >= 11 is 3.76. The third-order valence-corrected chi connectivity index (χ3v) is 5.25.